The molecule has 1 amide bonds. The molecule has 0 saturated carbocycles. The Hall–Kier alpha value is -2.14. The fourth-order valence-electron chi connectivity index (χ4n) is 1.38. The number of pyridine rings is 1. The first-order chi connectivity index (χ1) is 8.58. The number of nitrogens with one attached hydrogen (secondary N) is 1. The minimum Gasteiger partial charge on any atom is -0.399 e. The molecule has 0 spiro atoms. The summed E-state index contributed by atoms with van der Waals surface area (Å²) in [6, 6.07) is 5.93. The highest BCUT2D eigenvalue weighted by Gasteiger charge is 2.12. The second kappa shape index (κ2) is 5.01. The molecule has 0 atom stereocenters. The summed E-state index contributed by atoms with van der Waals surface area (Å²) >= 11 is 5.90. The number of nitrogen functional groups attached to an aromatic ring is 1. The van der Waals surface area contributed by atoms with Gasteiger partial charge in [0.25, 0.3) is 5.91 Å². The number of hydrogen-bond acceptors (Lipinski definition) is 3. The van der Waals surface area contributed by atoms with Gasteiger partial charge in [-0.1, -0.05) is 11.6 Å². The zero-order valence-electron chi connectivity index (χ0n) is 9.15. The zero-order valence-corrected chi connectivity index (χ0v) is 9.91. The zero-order chi connectivity index (χ0) is 13.1. The van der Waals surface area contributed by atoms with Crippen molar-refractivity contribution in [2.45, 2.75) is 0 Å². The molecular formula is C12H9ClFN3O. The van der Waals surface area contributed by atoms with Crippen LogP contribution in [0, 0.1) is 5.82 Å². The van der Waals surface area contributed by atoms with Crippen molar-refractivity contribution in [1.82, 2.24) is 4.98 Å². The van der Waals surface area contributed by atoms with Gasteiger partial charge < -0.3 is 11.1 Å². The van der Waals surface area contributed by atoms with Gasteiger partial charge in [-0.2, -0.15) is 0 Å². The first-order valence-electron chi connectivity index (χ1n) is 5.04. The largest absolute Gasteiger partial charge is 0.399 e. The fourth-order valence-corrected chi connectivity index (χ4v) is 1.62. The van der Waals surface area contributed by atoms with Crippen molar-refractivity contribution >= 4 is 28.9 Å². The van der Waals surface area contributed by atoms with Crippen LogP contribution in [0.1, 0.15) is 10.4 Å². The Kier molecular flexibility index (Phi) is 3.43. The van der Waals surface area contributed by atoms with E-state index in [4.69, 9.17) is 17.3 Å². The Morgan fingerprint density at radius 3 is 2.83 bits per heavy atom. The molecule has 92 valence electrons. The van der Waals surface area contributed by atoms with E-state index in [9.17, 15) is 9.18 Å². The van der Waals surface area contributed by atoms with Crippen LogP contribution in [-0.2, 0) is 0 Å². The van der Waals surface area contributed by atoms with E-state index in [1.807, 2.05) is 0 Å². The van der Waals surface area contributed by atoms with Gasteiger partial charge in [0, 0.05) is 11.9 Å². The molecule has 0 radical (unpaired) electrons. The summed E-state index contributed by atoms with van der Waals surface area (Å²) in [4.78, 5) is 15.4. The van der Waals surface area contributed by atoms with Crippen LogP contribution in [0.2, 0.25) is 5.02 Å². The van der Waals surface area contributed by atoms with Gasteiger partial charge in [-0.05, 0) is 24.3 Å². The smallest absolute Gasteiger partial charge is 0.258 e. The second-order valence-electron chi connectivity index (χ2n) is 3.55. The van der Waals surface area contributed by atoms with Gasteiger partial charge >= 0.3 is 0 Å². The molecule has 0 aliphatic carbocycles. The average Bonchev–Trinajstić information content (AvgIpc) is 2.33. The third-order valence-corrected chi connectivity index (χ3v) is 2.57. The lowest BCUT2D eigenvalue weighted by atomic mass is 10.2. The lowest BCUT2D eigenvalue weighted by Gasteiger charge is -2.08. The van der Waals surface area contributed by atoms with Gasteiger partial charge in [0.05, 0.1) is 22.5 Å². The normalized spacial score (nSPS) is 10.1. The van der Waals surface area contributed by atoms with Gasteiger partial charge in [-0.25, -0.2) is 4.39 Å². The average molecular weight is 266 g/mol. The van der Waals surface area contributed by atoms with Crippen LogP contribution in [0.5, 0.6) is 0 Å². The SMILES string of the molecule is Nc1ccc(NC(=O)c2ccncc2F)c(Cl)c1. The number of aromatic nitrogens is 1. The van der Waals surface area contributed by atoms with E-state index in [1.54, 1.807) is 12.1 Å². The van der Waals surface area contributed by atoms with Crippen LogP contribution in [0.3, 0.4) is 0 Å². The second-order valence-corrected chi connectivity index (χ2v) is 3.96. The van der Waals surface area contributed by atoms with Crippen molar-refractivity contribution in [3.8, 4) is 0 Å². The number of nitrogens with two attached hydrogens (primary N) is 1. The number of anilines is 2. The molecule has 4 nitrogen and oxygen atoms in total. The Morgan fingerprint density at radius 2 is 2.17 bits per heavy atom. The van der Waals surface area contributed by atoms with E-state index in [0.29, 0.717) is 11.4 Å². The maximum atomic E-state index is 13.3. The Labute approximate surface area is 108 Å². The quantitative estimate of drug-likeness (QED) is 0.821. The minimum absolute atomic E-state index is 0.0992. The molecule has 1 aromatic carbocycles. The molecule has 6 heteroatoms. The highest BCUT2D eigenvalue weighted by molar-refractivity contribution is 6.34. The Balaban J connectivity index is 2.24. The predicted molar refractivity (Wildman–Crippen MR) is 68.0 cm³/mol. The molecule has 3 N–H and O–H groups in total. The van der Waals surface area contributed by atoms with E-state index in [1.165, 1.54) is 18.3 Å². The molecule has 0 bridgehead atoms. The van der Waals surface area contributed by atoms with Gasteiger partial charge in [0.2, 0.25) is 0 Å². The number of rotatable bonds is 2. The summed E-state index contributed by atoms with van der Waals surface area (Å²) in [5.74, 6) is -1.29. The summed E-state index contributed by atoms with van der Waals surface area (Å²) < 4.78 is 13.3. The van der Waals surface area contributed by atoms with Crippen LogP contribution >= 0.6 is 11.6 Å². The topological polar surface area (TPSA) is 68.0 Å². The highest BCUT2D eigenvalue weighted by atomic mass is 35.5. The molecule has 1 heterocycles. The van der Waals surface area contributed by atoms with Crippen molar-refractivity contribution in [2.75, 3.05) is 11.1 Å². The number of carbonyl (C=O) groups excluding carboxylic acids is 1. The maximum absolute atomic E-state index is 13.3. The van der Waals surface area contributed by atoms with Crippen molar-refractivity contribution < 1.29 is 9.18 Å². The first-order valence-corrected chi connectivity index (χ1v) is 5.41. The Bertz CT molecular complexity index is 604. The number of amides is 1. The third kappa shape index (κ3) is 2.57. The van der Waals surface area contributed by atoms with Crippen molar-refractivity contribution in [3.05, 3.63) is 53.1 Å². The van der Waals surface area contributed by atoms with Crippen LogP contribution in [0.15, 0.2) is 36.7 Å². The van der Waals surface area contributed by atoms with Gasteiger partial charge in [-0.15, -0.1) is 0 Å². The van der Waals surface area contributed by atoms with Gasteiger partial charge in [0.1, 0.15) is 0 Å². The Morgan fingerprint density at radius 1 is 1.39 bits per heavy atom. The summed E-state index contributed by atoms with van der Waals surface area (Å²) in [7, 11) is 0. The van der Waals surface area contributed by atoms with E-state index in [2.05, 4.69) is 10.3 Å². The molecule has 0 aliphatic heterocycles. The highest BCUT2D eigenvalue weighted by Crippen LogP contribution is 2.24. The van der Waals surface area contributed by atoms with Crippen LogP contribution < -0.4 is 11.1 Å². The molecule has 0 saturated heterocycles. The van der Waals surface area contributed by atoms with E-state index in [0.717, 1.165) is 6.20 Å². The minimum atomic E-state index is -0.693. The molecule has 18 heavy (non-hydrogen) atoms. The van der Waals surface area contributed by atoms with Crippen LogP contribution in [0.25, 0.3) is 0 Å². The van der Waals surface area contributed by atoms with Crippen LogP contribution in [0.4, 0.5) is 15.8 Å². The predicted octanol–water partition coefficient (Wildman–Crippen LogP) is 2.71. The van der Waals surface area contributed by atoms with E-state index < -0.39 is 11.7 Å². The molecule has 2 rings (SSSR count). The number of carbonyl (C=O) groups is 1. The molecule has 1 aromatic heterocycles. The van der Waals surface area contributed by atoms with Crippen molar-refractivity contribution in [3.63, 3.8) is 0 Å². The van der Waals surface area contributed by atoms with Gasteiger partial charge in [-0.3, -0.25) is 9.78 Å². The van der Waals surface area contributed by atoms with Gasteiger partial charge in [0.15, 0.2) is 5.82 Å². The van der Waals surface area contributed by atoms with E-state index >= 15 is 0 Å². The molecular weight excluding hydrogens is 257 g/mol. The monoisotopic (exact) mass is 265 g/mol. The third-order valence-electron chi connectivity index (χ3n) is 2.26. The number of hydrogen-bond donors (Lipinski definition) is 2. The molecule has 0 unspecified atom stereocenters. The molecule has 0 fully saturated rings. The standard InChI is InChI=1S/C12H9ClFN3O/c13-9-5-7(15)1-2-11(9)17-12(18)8-3-4-16-6-10(8)14/h1-6H,15H2,(H,17,18). The van der Waals surface area contributed by atoms with Crippen molar-refractivity contribution in [2.24, 2.45) is 0 Å². The van der Waals surface area contributed by atoms with Crippen LogP contribution in [-0.4, -0.2) is 10.9 Å². The first kappa shape index (κ1) is 12.3. The number of benzene rings is 1. The fraction of sp³-hybridized carbons (Fsp3) is 0. The van der Waals surface area contributed by atoms with E-state index in [-0.39, 0.29) is 10.6 Å². The lowest BCUT2D eigenvalue weighted by Crippen LogP contribution is -2.14. The summed E-state index contributed by atoms with van der Waals surface area (Å²) in [5, 5.41) is 2.79. The molecule has 2 aromatic rings. The lowest BCUT2D eigenvalue weighted by molar-refractivity contribution is 0.102. The molecule has 0 aliphatic rings. The number of nitrogens with zero attached hydrogens (tertiary/aromatic N) is 1. The van der Waals surface area contributed by atoms with Crippen molar-refractivity contribution in [1.29, 1.82) is 0 Å². The summed E-state index contributed by atoms with van der Waals surface area (Å²) in [5.41, 5.74) is 6.28. The number of halogens is 2. The summed E-state index contributed by atoms with van der Waals surface area (Å²) in [6.07, 6.45) is 2.31. The summed E-state index contributed by atoms with van der Waals surface area (Å²) in [6.45, 7) is 0. The maximum Gasteiger partial charge on any atom is 0.258 e.